The summed E-state index contributed by atoms with van der Waals surface area (Å²) < 4.78 is 10.7. The SMILES string of the molecule is COc1cc(CN(C)[C@H](C)C(=O)NNC(C)=O)c(SC)cc1OC. The molecule has 0 fully saturated rings. The van der Waals surface area contributed by atoms with Gasteiger partial charge in [-0.2, -0.15) is 0 Å². The molecule has 0 aliphatic carbocycles. The number of thioether (sulfide) groups is 1. The van der Waals surface area contributed by atoms with E-state index in [1.807, 2.05) is 30.3 Å². The Morgan fingerprint density at radius 3 is 2.29 bits per heavy atom. The Kier molecular flexibility index (Phi) is 7.87. The molecule has 7 nitrogen and oxygen atoms in total. The van der Waals surface area contributed by atoms with Crippen molar-refractivity contribution in [3.8, 4) is 11.5 Å². The minimum atomic E-state index is -0.417. The molecule has 1 atom stereocenters. The van der Waals surface area contributed by atoms with E-state index < -0.39 is 6.04 Å². The predicted octanol–water partition coefficient (Wildman–Crippen LogP) is 1.41. The van der Waals surface area contributed by atoms with E-state index in [9.17, 15) is 9.59 Å². The molecule has 24 heavy (non-hydrogen) atoms. The molecule has 0 unspecified atom stereocenters. The van der Waals surface area contributed by atoms with Crippen LogP contribution in [0.2, 0.25) is 0 Å². The van der Waals surface area contributed by atoms with E-state index >= 15 is 0 Å². The lowest BCUT2D eigenvalue weighted by molar-refractivity contribution is -0.130. The number of hydrogen-bond acceptors (Lipinski definition) is 6. The largest absolute Gasteiger partial charge is 0.493 e. The Hall–Kier alpha value is -1.93. The molecule has 2 amide bonds. The minimum absolute atomic E-state index is 0.279. The predicted molar refractivity (Wildman–Crippen MR) is 94.2 cm³/mol. The second-order valence-corrected chi connectivity index (χ2v) is 6.13. The van der Waals surface area contributed by atoms with E-state index in [2.05, 4.69) is 10.9 Å². The number of rotatable bonds is 7. The van der Waals surface area contributed by atoms with E-state index in [1.165, 1.54) is 6.92 Å². The highest BCUT2D eigenvalue weighted by Crippen LogP contribution is 2.35. The lowest BCUT2D eigenvalue weighted by atomic mass is 10.1. The molecule has 2 N–H and O–H groups in total. The highest BCUT2D eigenvalue weighted by molar-refractivity contribution is 7.98. The number of benzene rings is 1. The van der Waals surface area contributed by atoms with E-state index in [0.717, 1.165) is 10.5 Å². The first-order valence-corrected chi connectivity index (χ1v) is 8.62. The number of amides is 2. The first-order valence-electron chi connectivity index (χ1n) is 7.39. The smallest absolute Gasteiger partial charge is 0.255 e. The molecule has 1 aromatic rings. The van der Waals surface area contributed by atoms with Crippen molar-refractivity contribution < 1.29 is 19.1 Å². The highest BCUT2D eigenvalue weighted by Gasteiger charge is 2.20. The van der Waals surface area contributed by atoms with Crippen LogP contribution in [0.5, 0.6) is 11.5 Å². The van der Waals surface area contributed by atoms with Gasteiger partial charge in [0, 0.05) is 18.4 Å². The molecule has 134 valence electrons. The lowest BCUT2D eigenvalue weighted by Gasteiger charge is -2.25. The van der Waals surface area contributed by atoms with Crippen LogP contribution in [0.4, 0.5) is 0 Å². The van der Waals surface area contributed by atoms with Crippen LogP contribution in [0.1, 0.15) is 19.4 Å². The number of nitrogens with zero attached hydrogens (tertiary/aromatic N) is 1. The molecule has 0 aromatic heterocycles. The third-order valence-electron chi connectivity index (χ3n) is 3.61. The molecule has 1 rings (SSSR count). The highest BCUT2D eigenvalue weighted by atomic mass is 32.2. The van der Waals surface area contributed by atoms with Gasteiger partial charge in [-0.1, -0.05) is 0 Å². The molecular weight excluding hydrogens is 330 g/mol. The number of ether oxygens (including phenoxy) is 2. The third-order valence-corrected chi connectivity index (χ3v) is 4.43. The zero-order valence-corrected chi connectivity index (χ0v) is 15.7. The molecule has 0 heterocycles. The van der Waals surface area contributed by atoms with Crippen molar-refractivity contribution in [1.82, 2.24) is 15.8 Å². The average Bonchev–Trinajstić information content (AvgIpc) is 2.58. The summed E-state index contributed by atoms with van der Waals surface area (Å²) in [5.41, 5.74) is 5.71. The second kappa shape index (κ2) is 9.39. The summed E-state index contributed by atoms with van der Waals surface area (Å²) in [5.74, 6) is 0.723. The average molecular weight is 355 g/mol. The third kappa shape index (κ3) is 5.31. The number of methoxy groups -OCH3 is 2. The molecule has 0 spiro atoms. The lowest BCUT2D eigenvalue weighted by Crippen LogP contribution is -2.49. The van der Waals surface area contributed by atoms with Gasteiger partial charge in [0.05, 0.1) is 20.3 Å². The molecule has 0 aliphatic heterocycles. The summed E-state index contributed by atoms with van der Waals surface area (Å²) in [7, 11) is 5.04. The fourth-order valence-electron chi connectivity index (χ4n) is 2.08. The second-order valence-electron chi connectivity index (χ2n) is 5.28. The maximum absolute atomic E-state index is 12.0. The summed E-state index contributed by atoms with van der Waals surface area (Å²) in [6.07, 6.45) is 1.98. The van der Waals surface area contributed by atoms with Crippen molar-refractivity contribution in [2.75, 3.05) is 27.5 Å². The molecule has 8 heteroatoms. The molecule has 1 aromatic carbocycles. The van der Waals surface area contributed by atoms with Gasteiger partial charge < -0.3 is 9.47 Å². The number of hydrazine groups is 1. The van der Waals surface area contributed by atoms with Gasteiger partial charge >= 0.3 is 0 Å². The van der Waals surface area contributed by atoms with Gasteiger partial charge in [0.1, 0.15) is 0 Å². The number of carbonyl (C=O) groups is 2. The van der Waals surface area contributed by atoms with Crippen molar-refractivity contribution in [3.63, 3.8) is 0 Å². The zero-order valence-electron chi connectivity index (χ0n) is 14.9. The topological polar surface area (TPSA) is 79.9 Å². The molecule has 0 saturated carbocycles. The summed E-state index contributed by atoms with van der Waals surface area (Å²) in [5, 5.41) is 0. The summed E-state index contributed by atoms with van der Waals surface area (Å²) in [6, 6.07) is 3.42. The van der Waals surface area contributed by atoms with E-state index in [1.54, 1.807) is 32.9 Å². The fraction of sp³-hybridized carbons (Fsp3) is 0.500. The first kappa shape index (κ1) is 20.1. The molecular formula is C16H25N3O4S. The summed E-state index contributed by atoms with van der Waals surface area (Å²) in [6.45, 7) is 3.66. The molecule has 0 bridgehead atoms. The number of hydrogen-bond donors (Lipinski definition) is 2. The Morgan fingerprint density at radius 1 is 1.21 bits per heavy atom. The standard InChI is InChI=1S/C16H25N3O4S/c1-10(16(21)18-17-11(2)20)19(3)9-12-7-13(22-4)14(23-5)8-15(12)24-6/h7-8,10H,9H2,1-6H3,(H,17,20)(H,18,21)/t10-/m1/s1. The van der Waals surface area contributed by atoms with E-state index in [0.29, 0.717) is 18.0 Å². The van der Waals surface area contributed by atoms with Crippen LogP contribution in [0.15, 0.2) is 17.0 Å². The Labute approximate surface area is 147 Å². The fourth-order valence-corrected chi connectivity index (χ4v) is 2.69. The van der Waals surface area contributed by atoms with Gasteiger partial charge in [-0.15, -0.1) is 11.8 Å². The van der Waals surface area contributed by atoms with Gasteiger partial charge in [-0.3, -0.25) is 25.3 Å². The maximum atomic E-state index is 12.0. The maximum Gasteiger partial charge on any atom is 0.255 e. The van der Waals surface area contributed by atoms with Crippen LogP contribution in [0.3, 0.4) is 0 Å². The van der Waals surface area contributed by atoms with Crippen molar-refractivity contribution >= 4 is 23.6 Å². The van der Waals surface area contributed by atoms with Crippen LogP contribution in [-0.2, 0) is 16.1 Å². The van der Waals surface area contributed by atoms with Gasteiger partial charge in [0.25, 0.3) is 5.91 Å². The monoisotopic (exact) mass is 355 g/mol. The summed E-state index contributed by atoms with van der Waals surface area (Å²) >= 11 is 1.60. The van der Waals surface area contributed by atoms with E-state index in [-0.39, 0.29) is 11.8 Å². The number of likely N-dealkylation sites (N-methyl/N-ethyl adjacent to an activating group) is 1. The van der Waals surface area contributed by atoms with Crippen molar-refractivity contribution in [2.24, 2.45) is 0 Å². The van der Waals surface area contributed by atoms with Gasteiger partial charge in [0.15, 0.2) is 11.5 Å². The van der Waals surface area contributed by atoms with Crippen LogP contribution >= 0.6 is 11.8 Å². The summed E-state index contributed by atoms with van der Waals surface area (Å²) in [4.78, 5) is 25.9. The van der Waals surface area contributed by atoms with Gasteiger partial charge in [0.2, 0.25) is 5.91 Å². The van der Waals surface area contributed by atoms with Crippen LogP contribution in [0.25, 0.3) is 0 Å². The van der Waals surface area contributed by atoms with Crippen LogP contribution in [0, 0.1) is 0 Å². The van der Waals surface area contributed by atoms with Gasteiger partial charge in [-0.25, -0.2) is 0 Å². The van der Waals surface area contributed by atoms with Crippen LogP contribution < -0.4 is 20.3 Å². The Balaban J connectivity index is 2.90. The Morgan fingerprint density at radius 2 is 1.79 bits per heavy atom. The molecule has 0 radical (unpaired) electrons. The Bertz CT molecular complexity index is 595. The number of nitrogens with one attached hydrogen (secondary N) is 2. The molecule has 0 saturated heterocycles. The minimum Gasteiger partial charge on any atom is -0.493 e. The van der Waals surface area contributed by atoms with Crippen molar-refractivity contribution in [2.45, 2.75) is 31.3 Å². The quantitative estimate of drug-likeness (QED) is 0.569. The van der Waals surface area contributed by atoms with Crippen molar-refractivity contribution in [1.29, 1.82) is 0 Å². The normalized spacial score (nSPS) is 11.8. The van der Waals surface area contributed by atoms with Crippen LogP contribution in [-0.4, -0.2) is 50.3 Å². The first-order chi connectivity index (χ1) is 11.3. The molecule has 0 aliphatic rings. The van der Waals surface area contributed by atoms with Gasteiger partial charge in [-0.05, 0) is 37.9 Å². The van der Waals surface area contributed by atoms with Crippen molar-refractivity contribution in [3.05, 3.63) is 17.7 Å². The van der Waals surface area contributed by atoms with E-state index in [4.69, 9.17) is 9.47 Å². The number of carbonyl (C=O) groups excluding carboxylic acids is 2. The zero-order chi connectivity index (χ0) is 18.3.